The van der Waals surface area contributed by atoms with E-state index >= 15 is 0 Å². The Bertz CT molecular complexity index is 370. The zero-order chi connectivity index (χ0) is 12.1. The molecule has 1 aliphatic rings. The Morgan fingerprint density at radius 1 is 1.53 bits per heavy atom. The second kappa shape index (κ2) is 6.57. The topological polar surface area (TPSA) is 35.0 Å². The standard InChI is InChI=1S/C12H17ClN2OS/c1-2-4-11-14-10(13)7-12(15-11)17-8-9-5-3-6-16-9/h7,9H,2-6,8H2,1H3. The Labute approximate surface area is 111 Å². The Hall–Kier alpha value is -0.320. The molecule has 94 valence electrons. The Morgan fingerprint density at radius 3 is 3.12 bits per heavy atom. The Morgan fingerprint density at radius 2 is 2.41 bits per heavy atom. The van der Waals surface area contributed by atoms with Crippen molar-refractivity contribution < 1.29 is 4.74 Å². The first-order valence-electron chi connectivity index (χ1n) is 6.06. The zero-order valence-electron chi connectivity index (χ0n) is 9.99. The van der Waals surface area contributed by atoms with Gasteiger partial charge in [-0.3, -0.25) is 0 Å². The van der Waals surface area contributed by atoms with E-state index in [1.165, 1.54) is 6.42 Å². The molecule has 0 saturated carbocycles. The fourth-order valence-corrected chi connectivity index (χ4v) is 3.06. The first-order chi connectivity index (χ1) is 8.28. The van der Waals surface area contributed by atoms with Gasteiger partial charge >= 0.3 is 0 Å². The summed E-state index contributed by atoms with van der Waals surface area (Å²) < 4.78 is 5.59. The van der Waals surface area contributed by atoms with Crippen LogP contribution in [-0.4, -0.2) is 28.4 Å². The van der Waals surface area contributed by atoms with E-state index in [2.05, 4.69) is 16.9 Å². The fraction of sp³-hybridized carbons (Fsp3) is 0.667. The molecular formula is C12H17ClN2OS. The maximum absolute atomic E-state index is 5.99. The van der Waals surface area contributed by atoms with E-state index in [1.54, 1.807) is 11.8 Å². The van der Waals surface area contributed by atoms with Gasteiger partial charge in [0.05, 0.1) is 6.10 Å². The van der Waals surface area contributed by atoms with Crippen molar-refractivity contribution in [3.05, 3.63) is 17.0 Å². The van der Waals surface area contributed by atoms with Crippen LogP contribution in [0.25, 0.3) is 0 Å². The maximum Gasteiger partial charge on any atom is 0.133 e. The molecule has 0 radical (unpaired) electrons. The molecule has 1 unspecified atom stereocenters. The van der Waals surface area contributed by atoms with Crippen LogP contribution in [0.15, 0.2) is 11.1 Å². The summed E-state index contributed by atoms with van der Waals surface area (Å²) in [7, 11) is 0. The van der Waals surface area contributed by atoms with Crippen LogP contribution in [0.2, 0.25) is 5.15 Å². The minimum atomic E-state index is 0.378. The summed E-state index contributed by atoms with van der Waals surface area (Å²) >= 11 is 7.70. The molecule has 5 heteroatoms. The van der Waals surface area contributed by atoms with Gasteiger partial charge in [0.15, 0.2) is 0 Å². The van der Waals surface area contributed by atoms with Crippen LogP contribution in [0.4, 0.5) is 0 Å². The van der Waals surface area contributed by atoms with Gasteiger partial charge in [-0.1, -0.05) is 18.5 Å². The van der Waals surface area contributed by atoms with Crippen LogP contribution in [0.3, 0.4) is 0 Å². The van der Waals surface area contributed by atoms with Crippen molar-refractivity contribution in [1.82, 2.24) is 9.97 Å². The summed E-state index contributed by atoms with van der Waals surface area (Å²) in [5.74, 6) is 1.80. The number of rotatable bonds is 5. The molecule has 17 heavy (non-hydrogen) atoms. The summed E-state index contributed by atoms with van der Waals surface area (Å²) in [5.41, 5.74) is 0. The number of hydrogen-bond donors (Lipinski definition) is 0. The first kappa shape index (κ1) is 13.1. The second-order valence-corrected chi connectivity index (χ2v) is 5.57. The van der Waals surface area contributed by atoms with Crippen molar-refractivity contribution in [2.24, 2.45) is 0 Å². The lowest BCUT2D eigenvalue weighted by molar-refractivity contribution is 0.129. The van der Waals surface area contributed by atoms with Crippen LogP contribution >= 0.6 is 23.4 Å². The Kier molecular flexibility index (Phi) is 5.07. The quantitative estimate of drug-likeness (QED) is 0.608. The number of thioether (sulfide) groups is 1. The number of ether oxygens (including phenoxy) is 1. The fourth-order valence-electron chi connectivity index (χ4n) is 1.81. The second-order valence-electron chi connectivity index (χ2n) is 4.14. The van der Waals surface area contributed by atoms with Crippen molar-refractivity contribution in [3.8, 4) is 0 Å². The SMILES string of the molecule is CCCc1nc(Cl)cc(SCC2CCCO2)n1. The van der Waals surface area contributed by atoms with E-state index in [0.717, 1.165) is 42.5 Å². The number of hydrogen-bond acceptors (Lipinski definition) is 4. The number of aryl methyl sites for hydroxylation is 1. The first-order valence-corrected chi connectivity index (χ1v) is 7.42. The van der Waals surface area contributed by atoms with Crippen LogP contribution in [-0.2, 0) is 11.2 Å². The number of aromatic nitrogens is 2. The highest BCUT2D eigenvalue weighted by Crippen LogP contribution is 2.24. The lowest BCUT2D eigenvalue weighted by Crippen LogP contribution is -2.08. The number of nitrogens with zero attached hydrogens (tertiary/aromatic N) is 2. The molecule has 0 bridgehead atoms. The van der Waals surface area contributed by atoms with Gasteiger partial charge in [-0.2, -0.15) is 0 Å². The minimum Gasteiger partial charge on any atom is -0.377 e. The molecule has 2 heterocycles. The van der Waals surface area contributed by atoms with Crippen molar-refractivity contribution in [2.75, 3.05) is 12.4 Å². The maximum atomic E-state index is 5.99. The summed E-state index contributed by atoms with van der Waals surface area (Å²) in [4.78, 5) is 8.71. The molecule has 1 aromatic rings. The van der Waals surface area contributed by atoms with Gasteiger partial charge < -0.3 is 4.74 Å². The van der Waals surface area contributed by atoms with Crippen LogP contribution in [0.1, 0.15) is 32.0 Å². The van der Waals surface area contributed by atoms with Crippen molar-refractivity contribution in [3.63, 3.8) is 0 Å². The van der Waals surface area contributed by atoms with E-state index in [9.17, 15) is 0 Å². The van der Waals surface area contributed by atoms with Crippen molar-refractivity contribution >= 4 is 23.4 Å². The average Bonchev–Trinajstić information content (AvgIpc) is 2.79. The van der Waals surface area contributed by atoms with Crippen molar-refractivity contribution in [1.29, 1.82) is 0 Å². The molecule has 0 aromatic carbocycles. The third kappa shape index (κ3) is 4.12. The van der Waals surface area contributed by atoms with Gasteiger partial charge in [0, 0.05) is 24.8 Å². The highest BCUT2D eigenvalue weighted by atomic mass is 35.5. The van der Waals surface area contributed by atoms with Gasteiger partial charge in [0.25, 0.3) is 0 Å². The summed E-state index contributed by atoms with van der Waals surface area (Å²) in [6.07, 6.45) is 4.64. The number of halogens is 1. The van der Waals surface area contributed by atoms with Gasteiger partial charge in [-0.05, 0) is 19.3 Å². The molecule has 1 saturated heterocycles. The molecule has 1 atom stereocenters. The monoisotopic (exact) mass is 272 g/mol. The third-order valence-corrected chi connectivity index (χ3v) is 3.87. The zero-order valence-corrected chi connectivity index (χ0v) is 11.6. The molecule has 1 aromatic heterocycles. The average molecular weight is 273 g/mol. The molecular weight excluding hydrogens is 256 g/mol. The van der Waals surface area contributed by atoms with Gasteiger partial charge in [0.2, 0.25) is 0 Å². The van der Waals surface area contributed by atoms with Crippen LogP contribution < -0.4 is 0 Å². The lowest BCUT2D eigenvalue weighted by atomic mass is 10.3. The van der Waals surface area contributed by atoms with Crippen LogP contribution in [0.5, 0.6) is 0 Å². The molecule has 0 amide bonds. The van der Waals surface area contributed by atoms with E-state index in [4.69, 9.17) is 16.3 Å². The van der Waals surface area contributed by atoms with Gasteiger partial charge in [-0.15, -0.1) is 11.8 Å². The van der Waals surface area contributed by atoms with Crippen LogP contribution in [0, 0.1) is 0 Å². The van der Waals surface area contributed by atoms with E-state index in [-0.39, 0.29) is 0 Å². The predicted molar refractivity (Wildman–Crippen MR) is 70.7 cm³/mol. The highest BCUT2D eigenvalue weighted by Gasteiger charge is 2.16. The third-order valence-electron chi connectivity index (χ3n) is 2.63. The largest absolute Gasteiger partial charge is 0.377 e. The molecule has 1 aliphatic heterocycles. The lowest BCUT2D eigenvalue weighted by Gasteiger charge is -2.08. The van der Waals surface area contributed by atoms with E-state index < -0.39 is 0 Å². The predicted octanol–water partition coefficient (Wildman–Crippen LogP) is 3.35. The molecule has 2 rings (SSSR count). The smallest absolute Gasteiger partial charge is 0.133 e. The molecule has 0 N–H and O–H groups in total. The molecule has 0 aliphatic carbocycles. The summed E-state index contributed by atoms with van der Waals surface area (Å²) in [6.45, 7) is 3.01. The molecule has 0 spiro atoms. The summed E-state index contributed by atoms with van der Waals surface area (Å²) in [6, 6.07) is 1.83. The molecule has 1 fully saturated rings. The normalized spacial score (nSPS) is 19.8. The Balaban J connectivity index is 1.94. The minimum absolute atomic E-state index is 0.378. The van der Waals surface area contributed by atoms with Gasteiger partial charge in [-0.25, -0.2) is 9.97 Å². The van der Waals surface area contributed by atoms with Crippen molar-refractivity contribution in [2.45, 2.75) is 43.7 Å². The van der Waals surface area contributed by atoms with E-state index in [0.29, 0.717) is 11.3 Å². The molecule has 3 nitrogen and oxygen atoms in total. The highest BCUT2D eigenvalue weighted by molar-refractivity contribution is 7.99. The van der Waals surface area contributed by atoms with E-state index in [1.807, 2.05) is 6.07 Å². The summed E-state index contributed by atoms with van der Waals surface area (Å²) in [5, 5.41) is 1.50. The van der Waals surface area contributed by atoms with Gasteiger partial charge in [0.1, 0.15) is 16.0 Å².